The Balaban J connectivity index is -0.000000392. The maximum Gasteiger partial charge on any atom is 0.336 e. The Bertz CT molecular complexity index is 544. The number of carboxylic acid groups (broad SMARTS) is 2. The van der Waals surface area contributed by atoms with Gasteiger partial charge in [-0.25, -0.2) is 14.4 Å². The fourth-order valence-electron chi connectivity index (χ4n) is 1.21. The van der Waals surface area contributed by atoms with Gasteiger partial charge in [0.25, 0.3) is 0 Å². The summed E-state index contributed by atoms with van der Waals surface area (Å²) in [6.07, 6.45) is 3.55. The Hall–Kier alpha value is -2.12. The molecule has 0 aliphatic rings. The molecule has 0 aromatic carbocycles. The number of carbonyl (C=O) groups excluding carboxylic acids is 1. The van der Waals surface area contributed by atoms with Gasteiger partial charge in [0, 0.05) is 11.1 Å². The topological polar surface area (TPSA) is 101 Å². The fraction of sp³-hybridized carbons (Fsp3) is 0.471. The minimum atomic E-state index is -1.02. The Morgan fingerprint density at radius 3 is 1.76 bits per heavy atom. The molecule has 0 spiro atoms. The third-order valence-electron chi connectivity index (χ3n) is 2.58. The average Bonchev–Trinajstić information content (AvgIpc) is 2.44. The summed E-state index contributed by atoms with van der Waals surface area (Å²) in [5, 5.41) is 16.9. The first-order valence-corrected chi connectivity index (χ1v) is 7.30. The van der Waals surface area contributed by atoms with Crippen molar-refractivity contribution >= 4 is 30.3 Å². The monoisotopic (exact) mass is 378 g/mol. The molecule has 0 bridgehead atoms. The third-order valence-corrected chi connectivity index (χ3v) is 2.58. The zero-order valence-electron chi connectivity index (χ0n) is 15.7. The van der Waals surface area contributed by atoms with Crippen LogP contribution >= 0.6 is 12.4 Å². The van der Waals surface area contributed by atoms with E-state index in [4.69, 9.17) is 14.9 Å². The smallest absolute Gasteiger partial charge is 0.336 e. The molecule has 0 aromatic rings. The number of ether oxygens (including phenoxy) is 1. The van der Waals surface area contributed by atoms with Crippen LogP contribution in [-0.2, 0) is 19.1 Å². The molecular formula is C17H29ClNO6+. The lowest BCUT2D eigenvalue weighted by atomic mass is 10.2. The van der Waals surface area contributed by atoms with Crippen LogP contribution in [0.5, 0.6) is 0 Å². The van der Waals surface area contributed by atoms with Gasteiger partial charge in [0.05, 0.1) is 26.7 Å². The van der Waals surface area contributed by atoms with Gasteiger partial charge in [-0.05, 0) is 26.3 Å². The van der Waals surface area contributed by atoms with Crippen molar-refractivity contribution in [1.82, 2.24) is 0 Å². The minimum Gasteiger partial charge on any atom is -0.478 e. The number of esters is 1. The highest BCUT2D eigenvalue weighted by Crippen LogP contribution is 2.00. The molecular weight excluding hydrogens is 350 g/mol. The van der Waals surface area contributed by atoms with Crippen molar-refractivity contribution in [2.24, 2.45) is 0 Å². The molecule has 0 aromatic heterocycles. The van der Waals surface area contributed by atoms with Gasteiger partial charge in [-0.2, -0.15) is 0 Å². The molecule has 144 valence electrons. The molecule has 0 heterocycles. The highest BCUT2D eigenvalue weighted by atomic mass is 35.5. The van der Waals surface area contributed by atoms with Crippen LogP contribution in [0.25, 0.3) is 0 Å². The van der Waals surface area contributed by atoms with E-state index in [-0.39, 0.29) is 24.6 Å². The van der Waals surface area contributed by atoms with Crippen LogP contribution in [0.4, 0.5) is 0 Å². The molecule has 0 saturated carbocycles. The number of nitrogens with zero attached hydrogens (tertiary/aromatic N) is 1. The second kappa shape index (κ2) is 13.2. The predicted molar refractivity (Wildman–Crippen MR) is 98.5 cm³/mol. The normalized spacial score (nSPS) is 11.4. The summed E-state index contributed by atoms with van der Waals surface area (Å²) in [6, 6.07) is 0. The van der Waals surface area contributed by atoms with E-state index in [1.165, 1.54) is 13.0 Å². The van der Waals surface area contributed by atoms with Gasteiger partial charge in [0.1, 0.15) is 12.8 Å². The van der Waals surface area contributed by atoms with E-state index in [9.17, 15) is 14.4 Å². The SMILES string of the molecule is C=C(CC)C(=O)OCC=C(C)C(=O)O.CC(=C[N+](C)(C)C)C(=O)O.Cl. The standard InChI is InChI=1S/C10H14O4.C7H13NO2.ClH/c1-4-7(2)10(13)14-6-5-8(3)9(11)12;1-6(7(9)10)5-8(2,3)4;/h5H,2,4,6H2,1,3H3,(H,11,12);5H,1-4H3;1H/p+1. The average molecular weight is 379 g/mol. The van der Waals surface area contributed by atoms with Crippen LogP contribution in [-0.4, -0.2) is 60.4 Å². The third kappa shape index (κ3) is 16.5. The number of hydrogen-bond donors (Lipinski definition) is 2. The molecule has 25 heavy (non-hydrogen) atoms. The molecule has 8 heteroatoms. The zero-order valence-corrected chi connectivity index (χ0v) is 16.5. The van der Waals surface area contributed by atoms with Crippen LogP contribution in [0.1, 0.15) is 27.2 Å². The maximum absolute atomic E-state index is 11.0. The lowest BCUT2D eigenvalue weighted by Crippen LogP contribution is -2.28. The first kappa shape index (κ1) is 27.7. The summed E-state index contributed by atoms with van der Waals surface area (Å²) >= 11 is 0. The van der Waals surface area contributed by atoms with Crippen molar-refractivity contribution in [2.45, 2.75) is 27.2 Å². The van der Waals surface area contributed by atoms with E-state index in [1.54, 1.807) is 20.0 Å². The second-order valence-electron chi connectivity index (χ2n) is 5.98. The Morgan fingerprint density at radius 1 is 1.04 bits per heavy atom. The molecule has 7 nitrogen and oxygen atoms in total. The molecule has 0 rings (SSSR count). The van der Waals surface area contributed by atoms with E-state index >= 15 is 0 Å². The zero-order chi connectivity index (χ0) is 19.5. The van der Waals surface area contributed by atoms with E-state index < -0.39 is 17.9 Å². The Kier molecular flexibility index (Phi) is 14.6. The van der Waals surface area contributed by atoms with Crippen molar-refractivity contribution in [1.29, 1.82) is 0 Å². The molecule has 0 atom stereocenters. The van der Waals surface area contributed by atoms with Crippen LogP contribution in [0.3, 0.4) is 0 Å². The van der Waals surface area contributed by atoms with Crippen molar-refractivity contribution < 1.29 is 33.8 Å². The number of aliphatic carboxylic acids is 2. The van der Waals surface area contributed by atoms with Crippen molar-refractivity contribution in [2.75, 3.05) is 27.7 Å². The van der Waals surface area contributed by atoms with Crippen molar-refractivity contribution in [3.8, 4) is 0 Å². The summed E-state index contributed by atoms with van der Waals surface area (Å²) in [7, 11) is 5.73. The van der Waals surface area contributed by atoms with Crippen LogP contribution < -0.4 is 0 Å². The fourth-order valence-corrected chi connectivity index (χ4v) is 1.21. The summed E-state index contributed by atoms with van der Waals surface area (Å²) in [5.74, 6) is -2.36. The van der Waals surface area contributed by atoms with Gasteiger partial charge in [-0.1, -0.05) is 13.5 Å². The van der Waals surface area contributed by atoms with Gasteiger partial charge in [0.15, 0.2) is 0 Å². The number of halogens is 1. The summed E-state index contributed by atoms with van der Waals surface area (Å²) in [6.45, 7) is 8.28. The van der Waals surface area contributed by atoms with Gasteiger partial charge >= 0.3 is 17.9 Å². The highest BCUT2D eigenvalue weighted by molar-refractivity contribution is 5.88. The van der Waals surface area contributed by atoms with Crippen molar-refractivity contribution in [3.05, 3.63) is 35.6 Å². The summed E-state index contributed by atoms with van der Waals surface area (Å²) in [5.41, 5.74) is 0.916. The molecule has 0 amide bonds. The number of quaternary nitrogens is 1. The lowest BCUT2D eigenvalue weighted by molar-refractivity contribution is -0.817. The first-order valence-electron chi connectivity index (χ1n) is 7.30. The summed E-state index contributed by atoms with van der Waals surface area (Å²) in [4.78, 5) is 31.7. The molecule has 0 aliphatic heterocycles. The predicted octanol–water partition coefficient (Wildman–Crippen LogP) is 2.63. The lowest BCUT2D eigenvalue weighted by Gasteiger charge is -2.17. The minimum absolute atomic E-state index is 0. The van der Waals surface area contributed by atoms with Gasteiger partial charge in [-0.3, -0.25) is 0 Å². The largest absolute Gasteiger partial charge is 0.478 e. The van der Waals surface area contributed by atoms with E-state index in [1.807, 2.05) is 21.1 Å². The van der Waals surface area contributed by atoms with E-state index in [2.05, 4.69) is 6.58 Å². The highest BCUT2D eigenvalue weighted by Gasteiger charge is 2.08. The van der Waals surface area contributed by atoms with Gasteiger partial charge in [-0.15, -0.1) is 12.4 Å². The first-order chi connectivity index (χ1) is 10.8. The number of hydrogen-bond acceptors (Lipinski definition) is 4. The molecule has 0 saturated heterocycles. The molecule has 0 unspecified atom stereocenters. The second-order valence-corrected chi connectivity index (χ2v) is 5.98. The molecule has 0 fully saturated rings. The van der Waals surface area contributed by atoms with Crippen LogP contribution in [0, 0.1) is 0 Å². The molecule has 0 radical (unpaired) electrons. The number of rotatable bonds is 7. The Labute approximate surface area is 155 Å². The van der Waals surface area contributed by atoms with Gasteiger partial charge < -0.3 is 19.4 Å². The maximum atomic E-state index is 11.0. The van der Waals surface area contributed by atoms with Gasteiger partial charge in [0.2, 0.25) is 0 Å². The summed E-state index contributed by atoms with van der Waals surface area (Å²) < 4.78 is 5.28. The van der Waals surface area contributed by atoms with E-state index in [0.717, 1.165) is 0 Å². The Morgan fingerprint density at radius 2 is 1.48 bits per heavy atom. The molecule has 2 N–H and O–H groups in total. The molecule has 0 aliphatic carbocycles. The number of carboxylic acids is 2. The number of carbonyl (C=O) groups is 3. The van der Waals surface area contributed by atoms with E-state index in [0.29, 0.717) is 22.1 Å². The van der Waals surface area contributed by atoms with Crippen LogP contribution in [0.15, 0.2) is 35.6 Å². The van der Waals surface area contributed by atoms with Crippen LogP contribution in [0.2, 0.25) is 0 Å². The van der Waals surface area contributed by atoms with Crippen molar-refractivity contribution in [3.63, 3.8) is 0 Å². The quantitative estimate of drug-likeness (QED) is 0.401.